The van der Waals surface area contributed by atoms with E-state index in [-0.39, 0.29) is 0 Å². The fourth-order valence-corrected chi connectivity index (χ4v) is 3.73. The first-order valence-corrected chi connectivity index (χ1v) is 9.48. The van der Waals surface area contributed by atoms with Crippen LogP contribution in [-0.4, -0.2) is 52.4 Å². The van der Waals surface area contributed by atoms with Crippen molar-refractivity contribution in [1.82, 2.24) is 10.6 Å². The Labute approximate surface area is 150 Å². The van der Waals surface area contributed by atoms with Gasteiger partial charge >= 0.3 is 0 Å². The van der Waals surface area contributed by atoms with Crippen LogP contribution in [-0.2, 0) is 6.42 Å². The molecule has 132 valence electrons. The molecule has 2 aromatic rings. The van der Waals surface area contributed by atoms with E-state index in [1.165, 1.54) is 22.5 Å². The Balaban J connectivity index is 1.38. The Kier molecular flexibility index (Phi) is 5.19. The first kappa shape index (κ1) is 16.4. The largest absolute Gasteiger partial charge is 0.369 e. The Morgan fingerprint density at radius 2 is 0.920 bits per heavy atom. The summed E-state index contributed by atoms with van der Waals surface area (Å²) in [6.45, 7) is 8.75. The van der Waals surface area contributed by atoms with Gasteiger partial charge in [0.05, 0.1) is 0 Å². The van der Waals surface area contributed by atoms with Crippen molar-refractivity contribution in [2.45, 2.75) is 6.42 Å². The Morgan fingerprint density at radius 1 is 0.560 bits per heavy atom. The van der Waals surface area contributed by atoms with Gasteiger partial charge in [0.1, 0.15) is 0 Å². The lowest BCUT2D eigenvalue weighted by atomic mass is 10.0. The zero-order valence-corrected chi connectivity index (χ0v) is 14.9. The van der Waals surface area contributed by atoms with Gasteiger partial charge in [0.15, 0.2) is 0 Å². The van der Waals surface area contributed by atoms with Crippen molar-refractivity contribution in [3.63, 3.8) is 0 Å². The third kappa shape index (κ3) is 4.14. The third-order valence-corrected chi connectivity index (χ3v) is 5.25. The zero-order chi connectivity index (χ0) is 16.9. The minimum absolute atomic E-state index is 1.00. The highest BCUT2D eigenvalue weighted by atomic mass is 15.2. The number of benzene rings is 2. The molecule has 4 heteroatoms. The fourth-order valence-electron chi connectivity index (χ4n) is 3.73. The molecule has 4 nitrogen and oxygen atoms in total. The van der Waals surface area contributed by atoms with Crippen molar-refractivity contribution in [3.05, 3.63) is 59.7 Å². The number of anilines is 2. The molecule has 2 aliphatic heterocycles. The van der Waals surface area contributed by atoms with Crippen LogP contribution >= 0.6 is 0 Å². The fraction of sp³-hybridized carbons (Fsp3) is 0.429. The summed E-state index contributed by atoms with van der Waals surface area (Å²) in [4.78, 5) is 4.92. The molecule has 0 aromatic heterocycles. The Hall–Kier alpha value is -2.04. The Morgan fingerprint density at radius 3 is 1.28 bits per heavy atom. The number of hydrogen-bond acceptors (Lipinski definition) is 4. The molecule has 0 atom stereocenters. The molecule has 2 heterocycles. The van der Waals surface area contributed by atoms with Gasteiger partial charge in [-0.25, -0.2) is 0 Å². The van der Waals surface area contributed by atoms with Crippen LogP contribution in [0.3, 0.4) is 0 Å². The molecular weight excluding hydrogens is 308 g/mol. The lowest BCUT2D eigenvalue weighted by molar-refractivity contribution is 0.589. The van der Waals surface area contributed by atoms with Crippen molar-refractivity contribution >= 4 is 11.4 Å². The number of nitrogens with one attached hydrogen (secondary N) is 2. The van der Waals surface area contributed by atoms with E-state index in [0.717, 1.165) is 58.8 Å². The maximum Gasteiger partial charge on any atom is 0.0367 e. The second-order valence-electron chi connectivity index (χ2n) is 6.98. The Bertz CT molecular complexity index is 594. The normalized spacial score (nSPS) is 18.4. The molecule has 2 fully saturated rings. The van der Waals surface area contributed by atoms with Gasteiger partial charge in [-0.15, -0.1) is 0 Å². The van der Waals surface area contributed by atoms with Crippen LogP contribution in [0, 0.1) is 0 Å². The summed E-state index contributed by atoms with van der Waals surface area (Å²) in [5.74, 6) is 0. The molecule has 0 bridgehead atoms. The first-order valence-electron chi connectivity index (χ1n) is 9.48. The van der Waals surface area contributed by atoms with E-state index >= 15 is 0 Å². The summed E-state index contributed by atoms with van der Waals surface area (Å²) >= 11 is 0. The monoisotopic (exact) mass is 336 g/mol. The summed E-state index contributed by atoms with van der Waals surface area (Å²) in [6.07, 6.45) is 1.00. The third-order valence-electron chi connectivity index (χ3n) is 5.25. The van der Waals surface area contributed by atoms with Crippen molar-refractivity contribution in [2.24, 2.45) is 0 Å². The van der Waals surface area contributed by atoms with Gasteiger partial charge in [0.2, 0.25) is 0 Å². The van der Waals surface area contributed by atoms with Crippen LogP contribution < -0.4 is 20.4 Å². The molecule has 0 unspecified atom stereocenters. The number of rotatable bonds is 4. The van der Waals surface area contributed by atoms with Gasteiger partial charge in [-0.05, 0) is 41.8 Å². The minimum Gasteiger partial charge on any atom is -0.369 e. The second-order valence-corrected chi connectivity index (χ2v) is 6.98. The average Bonchev–Trinajstić information content (AvgIpc) is 2.71. The maximum absolute atomic E-state index is 3.41. The molecular formula is C21H28N4. The molecule has 0 spiro atoms. The molecule has 2 N–H and O–H groups in total. The van der Waals surface area contributed by atoms with E-state index < -0.39 is 0 Å². The van der Waals surface area contributed by atoms with Crippen molar-refractivity contribution < 1.29 is 0 Å². The van der Waals surface area contributed by atoms with Gasteiger partial charge in [0.25, 0.3) is 0 Å². The van der Waals surface area contributed by atoms with E-state index in [2.05, 4.69) is 69.0 Å². The van der Waals surface area contributed by atoms with E-state index in [0.29, 0.717) is 0 Å². The molecule has 2 saturated heterocycles. The van der Waals surface area contributed by atoms with E-state index in [1.807, 2.05) is 0 Å². The summed E-state index contributed by atoms with van der Waals surface area (Å²) in [5, 5.41) is 6.82. The van der Waals surface area contributed by atoms with Gasteiger partial charge in [-0.3, -0.25) is 0 Å². The minimum atomic E-state index is 1.00. The average molecular weight is 336 g/mol. The van der Waals surface area contributed by atoms with Crippen LogP contribution in [0.4, 0.5) is 11.4 Å². The number of nitrogens with zero attached hydrogens (tertiary/aromatic N) is 2. The molecule has 4 rings (SSSR count). The van der Waals surface area contributed by atoms with Crippen LogP contribution in [0.1, 0.15) is 11.1 Å². The van der Waals surface area contributed by atoms with Crippen LogP contribution in [0.15, 0.2) is 48.5 Å². The second kappa shape index (κ2) is 7.89. The zero-order valence-electron chi connectivity index (χ0n) is 14.9. The summed E-state index contributed by atoms with van der Waals surface area (Å²) in [6, 6.07) is 18.2. The highest BCUT2D eigenvalue weighted by molar-refractivity contribution is 5.50. The van der Waals surface area contributed by atoms with E-state index in [4.69, 9.17) is 0 Å². The van der Waals surface area contributed by atoms with E-state index in [1.54, 1.807) is 0 Å². The van der Waals surface area contributed by atoms with Gasteiger partial charge in [-0.1, -0.05) is 24.3 Å². The SMILES string of the molecule is c1cc(N2CCNCC2)ccc1Cc1ccc(N2CCNCC2)cc1. The van der Waals surface area contributed by atoms with Crippen molar-refractivity contribution in [3.8, 4) is 0 Å². The van der Waals surface area contributed by atoms with E-state index in [9.17, 15) is 0 Å². The standard InChI is InChI=1S/C21H28N4/c1-5-20(24-13-9-22-10-14-24)6-2-18(1)17-19-3-7-21(8-4-19)25-15-11-23-12-16-25/h1-8,22-23H,9-17H2. The predicted octanol–water partition coefficient (Wildman–Crippen LogP) is 2.10. The maximum atomic E-state index is 3.41. The van der Waals surface area contributed by atoms with Gasteiger partial charge < -0.3 is 20.4 Å². The van der Waals surface area contributed by atoms with Crippen molar-refractivity contribution in [2.75, 3.05) is 62.2 Å². The topological polar surface area (TPSA) is 30.5 Å². The highest BCUT2D eigenvalue weighted by Crippen LogP contribution is 2.20. The molecule has 2 aromatic carbocycles. The molecule has 0 radical (unpaired) electrons. The van der Waals surface area contributed by atoms with Crippen LogP contribution in [0.2, 0.25) is 0 Å². The summed E-state index contributed by atoms with van der Waals surface area (Å²) < 4.78 is 0. The van der Waals surface area contributed by atoms with Crippen LogP contribution in [0.5, 0.6) is 0 Å². The summed E-state index contributed by atoms with van der Waals surface area (Å²) in [5.41, 5.74) is 5.46. The lowest BCUT2D eigenvalue weighted by Crippen LogP contribution is -2.43. The quantitative estimate of drug-likeness (QED) is 0.895. The van der Waals surface area contributed by atoms with Gasteiger partial charge in [0, 0.05) is 63.7 Å². The lowest BCUT2D eigenvalue weighted by Gasteiger charge is -2.29. The molecule has 25 heavy (non-hydrogen) atoms. The molecule has 0 amide bonds. The first-order chi connectivity index (χ1) is 12.4. The smallest absolute Gasteiger partial charge is 0.0367 e. The van der Waals surface area contributed by atoms with Crippen molar-refractivity contribution in [1.29, 1.82) is 0 Å². The highest BCUT2D eigenvalue weighted by Gasteiger charge is 2.11. The molecule has 0 aliphatic carbocycles. The van der Waals surface area contributed by atoms with Gasteiger partial charge in [-0.2, -0.15) is 0 Å². The van der Waals surface area contributed by atoms with Crippen LogP contribution in [0.25, 0.3) is 0 Å². The number of piperazine rings is 2. The number of hydrogen-bond donors (Lipinski definition) is 2. The molecule has 0 saturated carbocycles. The molecule has 2 aliphatic rings. The predicted molar refractivity (Wildman–Crippen MR) is 106 cm³/mol. The summed E-state index contributed by atoms with van der Waals surface area (Å²) in [7, 11) is 0.